The number of rotatable bonds is 2. The van der Waals surface area contributed by atoms with Gasteiger partial charge in [0, 0.05) is 17.8 Å². The maximum atomic E-state index is 9.55. The van der Waals surface area contributed by atoms with E-state index in [-0.39, 0.29) is 0 Å². The Morgan fingerprint density at radius 3 is 2.87 bits per heavy atom. The van der Waals surface area contributed by atoms with E-state index in [1.54, 1.807) is 6.20 Å². The second-order valence-electron chi connectivity index (χ2n) is 5.22. The van der Waals surface area contributed by atoms with Crippen molar-refractivity contribution in [2.75, 3.05) is 0 Å². The summed E-state index contributed by atoms with van der Waals surface area (Å²) >= 11 is 0. The summed E-state index contributed by atoms with van der Waals surface area (Å²) in [5, 5.41) is 11.7. The van der Waals surface area contributed by atoms with Crippen molar-refractivity contribution in [3.8, 4) is 6.07 Å². The van der Waals surface area contributed by atoms with Crippen LogP contribution in [0.4, 0.5) is 0 Å². The van der Waals surface area contributed by atoms with Gasteiger partial charge in [-0.2, -0.15) is 5.26 Å². The minimum atomic E-state index is 0.505. The largest absolute Gasteiger partial charge is 0.337 e. The van der Waals surface area contributed by atoms with Gasteiger partial charge >= 0.3 is 0 Å². The molecular weight excluding hydrogens is 284 g/mol. The molecule has 4 nitrogen and oxygen atoms in total. The van der Waals surface area contributed by atoms with Crippen molar-refractivity contribution in [1.29, 1.82) is 5.26 Å². The summed E-state index contributed by atoms with van der Waals surface area (Å²) in [6.45, 7) is 0. The number of aromatic nitrogens is 3. The van der Waals surface area contributed by atoms with E-state index in [9.17, 15) is 5.26 Å². The van der Waals surface area contributed by atoms with E-state index in [2.05, 4.69) is 21.0 Å². The summed E-state index contributed by atoms with van der Waals surface area (Å²) < 4.78 is 0. The van der Waals surface area contributed by atoms with Gasteiger partial charge in [0.15, 0.2) is 0 Å². The molecule has 2 heterocycles. The summed E-state index contributed by atoms with van der Waals surface area (Å²) in [6.07, 6.45) is 5.44. The number of nitriles is 1. The number of allylic oxidation sites excluding steroid dienone is 1. The van der Waals surface area contributed by atoms with Gasteiger partial charge in [-0.3, -0.25) is 4.98 Å². The van der Waals surface area contributed by atoms with Gasteiger partial charge in [0.1, 0.15) is 11.9 Å². The Kier molecular flexibility index (Phi) is 3.10. The highest BCUT2D eigenvalue weighted by atomic mass is 14.9. The summed E-state index contributed by atoms with van der Waals surface area (Å²) in [7, 11) is 0. The molecule has 23 heavy (non-hydrogen) atoms. The predicted octanol–water partition coefficient (Wildman–Crippen LogP) is 4.18. The number of hydrogen-bond donors (Lipinski definition) is 1. The average Bonchev–Trinajstić information content (AvgIpc) is 3.03. The van der Waals surface area contributed by atoms with Crippen molar-refractivity contribution in [3.05, 3.63) is 72.3 Å². The molecule has 0 unspecified atom stereocenters. The van der Waals surface area contributed by atoms with Crippen molar-refractivity contribution >= 4 is 33.5 Å². The van der Waals surface area contributed by atoms with Crippen LogP contribution in [0.25, 0.3) is 33.5 Å². The minimum absolute atomic E-state index is 0.505. The highest BCUT2D eigenvalue weighted by Gasteiger charge is 2.08. The number of hydrogen-bond acceptors (Lipinski definition) is 3. The number of benzene rings is 2. The molecule has 0 atom stereocenters. The molecule has 0 aliphatic rings. The van der Waals surface area contributed by atoms with E-state index >= 15 is 0 Å². The quantitative estimate of drug-likeness (QED) is 0.564. The third-order valence-electron chi connectivity index (χ3n) is 3.78. The van der Waals surface area contributed by atoms with E-state index in [1.807, 2.05) is 60.8 Å². The van der Waals surface area contributed by atoms with E-state index in [4.69, 9.17) is 0 Å². The number of aromatic amines is 1. The van der Waals surface area contributed by atoms with Crippen molar-refractivity contribution in [3.63, 3.8) is 0 Å². The monoisotopic (exact) mass is 296 g/mol. The number of pyridine rings is 1. The fraction of sp³-hybridized carbons (Fsp3) is 0. The van der Waals surface area contributed by atoms with Crippen molar-refractivity contribution < 1.29 is 0 Å². The van der Waals surface area contributed by atoms with Gasteiger partial charge in [0.25, 0.3) is 0 Å². The highest BCUT2D eigenvalue weighted by molar-refractivity contribution is 5.97. The second kappa shape index (κ2) is 5.39. The lowest BCUT2D eigenvalue weighted by atomic mass is 10.0. The standard InChI is InChI=1S/C19H12N4/c20-11-15(19-22-17-6-1-2-7-18(17)23-19)10-13-4-3-5-14-12-21-9-8-16(13)14/h1-10,12H,(H,22,23)/b15-10+. The average molecular weight is 296 g/mol. The van der Waals surface area contributed by atoms with Crippen LogP contribution >= 0.6 is 0 Å². The fourth-order valence-corrected chi connectivity index (χ4v) is 2.66. The molecule has 0 aliphatic heterocycles. The van der Waals surface area contributed by atoms with Crippen LogP contribution in [-0.4, -0.2) is 15.0 Å². The fourth-order valence-electron chi connectivity index (χ4n) is 2.66. The first-order valence-corrected chi connectivity index (χ1v) is 7.25. The van der Waals surface area contributed by atoms with Gasteiger partial charge in [-0.25, -0.2) is 4.98 Å². The first-order chi connectivity index (χ1) is 11.3. The Balaban J connectivity index is 1.88. The number of nitrogens with one attached hydrogen (secondary N) is 1. The van der Waals surface area contributed by atoms with Crippen LogP contribution in [0.1, 0.15) is 11.4 Å². The summed E-state index contributed by atoms with van der Waals surface area (Å²) in [6, 6.07) is 17.9. The highest BCUT2D eigenvalue weighted by Crippen LogP contribution is 2.23. The predicted molar refractivity (Wildman–Crippen MR) is 91.3 cm³/mol. The van der Waals surface area contributed by atoms with Gasteiger partial charge in [-0.1, -0.05) is 30.3 Å². The maximum absolute atomic E-state index is 9.55. The summed E-state index contributed by atoms with van der Waals surface area (Å²) in [5.41, 5.74) is 3.25. The SMILES string of the molecule is N#C/C(=C\c1cccc2cnccc12)c1nc2ccccc2[nH]1. The minimum Gasteiger partial charge on any atom is -0.337 e. The lowest BCUT2D eigenvalue weighted by Gasteiger charge is -2.02. The van der Waals surface area contributed by atoms with Crippen LogP contribution in [0.3, 0.4) is 0 Å². The van der Waals surface area contributed by atoms with Crippen LogP contribution in [-0.2, 0) is 0 Å². The first-order valence-electron chi connectivity index (χ1n) is 7.25. The summed E-state index contributed by atoms with van der Waals surface area (Å²) in [5.74, 6) is 0.583. The zero-order chi connectivity index (χ0) is 15.6. The molecule has 0 aliphatic carbocycles. The van der Waals surface area contributed by atoms with Crippen LogP contribution in [0.5, 0.6) is 0 Å². The first kappa shape index (κ1) is 13.2. The number of nitrogens with zero attached hydrogens (tertiary/aromatic N) is 3. The smallest absolute Gasteiger partial charge is 0.149 e. The molecule has 0 saturated carbocycles. The van der Waals surface area contributed by atoms with E-state index < -0.39 is 0 Å². The Hall–Kier alpha value is -3.45. The molecule has 0 spiro atoms. The molecule has 0 saturated heterocycles. The number of para-hydroxylation sites is 2. The second-order valence-corrected chi connectivity index (χ2v) is 5.22. The number of H-pyrrole nitrogens is 1. The van der Waals surface area contributed by atoms with E-state index in [0.29, 0.717) is 11.4 Å². The van der Waals surface area contributed by atoms with Crippen LogP contribution < -0.4 is 0 Å². The van der Waals surface area contributed by atoms with Crippen molar-refractivity contribution in [2.45, 2.75) is 0 Å². The van der Waals surface area contributed by atoms with Gasteiger partial charge < -0.3 is 4.98 Å². The van der Waals surface area contributed by atoms with Crippen molar-refractivity contribution in [1.82, 2.24) is 15.0 Å². The van der Waals surface area contributed by atoms with Gasteiger partial charge in [-0.05, 0) is 35.2 Å². The van der Waals surface area contributed by atoms with Gasteiger partial charge in [0.2, 0.25) is 0 Å². The normalized spacial score (nSPS) is 11.7. The molecule has 4 aromatic rings. The Morgan fingerprint density at radius 2 is 2.00 bits per heavy atom. The Labute approximate surface area is 132 Å². The molecule has 4 heteroatoms. The van der Waals surface area contributed by atoms with Crippen LogP contribution in [0.2, 0.25) is 0 Å². The maximum Gasteiger partial charge on any atom is 0.149 e. The van der Waals surface area contributed by atoms with E-state index in [0.717, 1.165) is 27.4 Å². The van der Waals surface area contributed by atoms with Crippen LogP contribution in [0.15, 0.2) is 60.9 Å². The number of imidazole rings is 1. The molecule has 0 radical (unpaired) electrons. The Bertz CT molecular complexity index is 1040. The third kappa shape index (κ3) is 2.34. The number of fused-ring (bicyclic) bond motifs is 2. The molecule has 4 rings (SSSR count). The van der Waals surface area contributed by atoms with E-state index in [1.165, 1.54) is 0 Å². The lowest BCUT2D eigenvalue weighted by molar-refractivity contribution is 1.27. The molecule has 0 bridgehead atoms. The topological polar surface area (TPSA) is 65.4 Å². The molecule has 108 valence electrons. The molecule has 2 aromatic heterocycles. The van der Waals surface area contributed by atoms with Crippen LogP contribution in [0, 0.1) is 11.3 Å². The zero-order valence-corrected chi connectivity index (χ0v) is 12.2. The lowest BCUT2D eigenvalue weighted by Crippen LogP contribution is -1.86. The zero-order valence-electron chi connectivity index (χ0n) is 12.2. The molecule has 0 amide bonds. The molecule has 1 N–H and O–H groups in total. The third-order valence-corrected chi connectivity index (χ3v) is 3.78. The van der Waals surface area contributed by atoms with Crippen molar-refractivity contribution in [2.24, 2.45) is 0 Å². The summed E-state index contributed by atoms with van der Waals surface area (Å²) in [4.78, 5) is 11.8. The van der Waals surface area contributed by atoms with Gasteiger partial charge in [-0.15, -0.1) is 0 Å². The molecular formula is C19H12N4. The molecule has 2 aromatic carbocycles. The Morgan fingerprint density at radius 1 is 1.09 bits per heavy atom. The van der Waals surface area contributed by atoms with Gasteiger partial charge in [0.05, 0.1) is 16.6 Å². The molecule has 0 fully saturated rings.